The van der Waals surface area contributed by atoms with Gasteiger partial charge in [-0.15, -0.1) is 0 Å². The summed E-state index contributed by atoms with van der Waals surface area (Å²) in [5.74, 6) is 0.440. The van der Waals surface area contributed by atoms with E-state index < -0.39 is 6.09 Å². The van der Waals surface area contributed by atoms with Crippen molar-refractivity contribution in [3.63, 3.8) is 0 Å². The standard InChI is InChI=1S/C12H12BrN3O2/c1-16-7-10(13)11(15-16)14-12(17)18-8-9-5-3-2-4-6-9/h2-7H,8H2,1H3,(H,14,15,17). The fourth-order valence-electron chi connectivity index (χ4n) is 1.40. The normalized spacial score (nSPS) is 10.1. The fourth-order valence-corrected chi connectivity index (χ4v) is 1.87. The van der Waals surface area contributed by atoms with Crippen molar-refractivity contribution in [3.8, 4) is 0 Å². The highest BCUT2D eigenvalue weighted by Gasteiger charge is 2.09. The number of amides is 1. The zero-order valence-corrected chi connectivity index (χ0v) is 11.3. The number of benzene rings is 1. The predicted molar refractivity (Wildman–Crippen MR) is 71.2 cm³/mol. The zero-order chi connectivity index (χ0) is 13.0. The minimum absolute atomic E-state index is 0.233. The van der Waals surface area contributed by atoms with Crippen LogP contribution < -0.4 is 5.32 Å². The van der Waals surface area contributed by atoms with Crippen LogP contribution in [0.5, 0.6) is 0 Å². The van der Waals surface area contributed by atoms with Crippen molar-refractivity contribution in [2.45, 2.75) is 6.61 Å². The Hall–Kier alpha value is -1.82. The molecule has 1 aromatic heterocycles. The second-order valence-electron chi connectivity index (χ2n) is 3.69. The van der Waals surface area contributed by atoms with E-state index in [2.05, 4.69) is 26.3 Å². The van der Waals surface area contributed by atoms with Crippen molar-refractivity contribution in [1.82, 2.24) is 9.78 Å². The van der Waals surface area contributed by atoms with Crippen molar-refractivity contribution in [1.29, 1.82) is 0 Å². The topological polar surface area (TPSA) is 56.2 Å². The Bertz CT molecular complexity index is 540. The second-order valence-corrected chi connectivity index (χ2v) is 4.54. The molecule has 94 valence electrons. The number of nitrogens with one attached hydrogen (secondary N) is 1. The molecule has 1 aromatic carbocycles. The number of hydrogen-bond donors (Lipinski definition) is 1. The van der Waals surface area contributed by atoms with E-state index in [4.69, 9.17) is 4.74 Å². The highest BCUT2D eigenvalue weighted by Crippen LogP contribution is 2.19. The molecule has 1 amide bonds. The molecule has 0 spiro atoms. The predicted octanol–water partition coefficient (Wildman–Crippen LogP) is 2.93. The van der Waals surface area contributed by atoms with E-state index in [1.54, 1.807) is 17.9 Å². The first-order valence-electron chi connectivity index (χ1n) is 5.32. The van der Waals surface area contributed by atoms with Crippen LogP contribution in [-0.4, -0.2) is 15.9 Å². The summed E-state index contributed by atoms with van der Waals surface area (Å²) in [5, 5.41) is 6.62. The maximum absolute atomic E-state index is 11.5. The zero-order valence-electron chi connectivity index (χ0n) is 9.76. The van der Waals surface area contributed by atoms with Gasteiger partial charge in [-0.2, -0.15) is 5.10 Å². The number of carbonyl (C=O) groups is 1. The Morgan fingerprint density at radius 1 is 1.44 bits per heavy atom. The Morgan fingerprint density at radius 3 is 2.78 bits per heavy atom. The first-order chi connectivity index (χ1) is 8.65. The maximum Gasteiger partial charge on any atom is 0.413 e. The summed E-state index contributed by atoms with van der Waals surface area (Å²) < 4.78 is 7.38. The number of aromatic nitrogens is 2. The molecule has 1 heterocycles. The van der Waals surface area contributed by atoms with Gasteiger partial charge in [-0.1, -0.05) is 30.3 Å². The van der Waals surface area contributed by atoms with Crippen LogP contribution in [-0.2, 0) is 18.4 Å². The molecule has 0 saturated heterocycles. The average molecular weight is 310 g/mol. The number of halogens is 1. The third-order valence-corrected chi connectivity index (χ3v) is 2.80. The molecule has 0 aliphatic carbocycles. The maximum atomic E-state index is 11.5. The Morgan fingerprint density at radius 2 is 2.17 bits per heavy atom. The molecular weight excluding hydrogens is 298 g/mol. The number of rotatable bonds is 3. The first-order valence-corrected chi connectivity index (χ1v) is 6.11. The molecule has 0 fully saturated rings. The third-order valence-electron chi connectivity index (χ3n) is 2.22. The monoisotopic (exact) mass is 309 g/mol. The van der Waals surface area contributed by atoms with Crippen LogP contribution in [0.25, 0.3) is 0 Å². The molecule has 0 aliphatic rings. The van der Waals surface area contributed by atoms with Crippen molar-refractivity contribution in [2.24, 2.45) is 7.05 Å². The smallest absolute Gasteiger partial charge is 0.413 e. The molecule has 0 aliphatic heterocycles. The number of hydrogen-bond acceptors (Lipinski definition) is 3. The van der Waals surface area contributed by atoms with Crippen molar-refractivity contribution >= 4 is 27.8 Å². The summed E-state index contributed by atoms with van der Waals surface area (Å²) in [5.41, 5.74) is 0.938. The summed E-state index contributed by atoms with van der Waals surface area (Å²) >= 11 is 3.29. The molecule has 0 unspecified atom stereocenters. The summed E-state index contributed by atoms with van der Waals surface area (Å²) in [6.07, 6.45) is 1.21. The molecule has 0 saturated carbocycles. The summed E-state index contributed by atoms with van der Waals surface area (Å²) in [6.45, 7) is 0.233. The average Bonchev–Trinajstić information content (AvgIpc) is 2.67. The fraction of sp³-hybridized carbons (Fsp3) is 0.167. The minimum atomic E-state index is -0.529. The molecule has 0 atom stereocenters. The Kier molecular flexibility index (Phi) is 3.99. The molecule has 5 nitrogen and oxygen atoms in total. The van der Waals surface area contributed by atoms with Gasteiger partial charge >= 0.3 is 6.09 Å². The van der Waals surface area contributed by atoms with Crippen LogP contribution in [0.3, 0.4) is 0 Å². The van der Waals surface area contributed by atoms with Gasteiger partial charge in [-0.3, -0.25) is 10.00 Å². The van der Waals surface area contributed by atoms with Crippen molar-refractivity contribution in [3.05, 3.63) is 46.6 Å². The van der Waals surface area contributed by atoms with Gasteiger partial charge in [-0.05, 0) is 21.5 Å². The quantitative estimate of drug-likeness (QED) is 0.948. The number of aryl methyl sites for hydroxylation is 1. The van der Waals surface area contributed by atoms with E-state index in [0.717, 1.165) is 5.56 Å². The Balaban J connectivity index is 1.88. The molecule has 2 rings (SSSR count). The third kappa shape index (κ3) is 3.33. The van der Waals surface area contributed by atoms with Gasteiger partial charge in [0.25, 0.3) is 0 Å². The molecule has 0 bridgehead atoms. The lowest BCUT2D eigenvalue weighted by Gasteiger charge is -2.05. The van der Waals surface area contributed by atoms with E-state index in [0.29, 0.717) is 10.3 Å². The van der Waals surface area contributed by atoms with Crippen molar-refractivity contribution < 1.29 is 9.53 Å². The van der Waals surface area contributed by atoms with E-state index in [1.807, 2.05) is 30.3 Å². The van der Waals surface area contributed by atoms with Gasteiger partial charge in [0.1, 0.15) is 6.61 Å². The largest absolute Gasteiger partial charge is 0.444 e. The highest BCUT2D eigenvalue weighted by molar-refractivity contribution is 9.10. The van der Waals surface area contributed by atoms with Crippen molar-refractivity contribution in [2.75, 3.05) is 5.32 Å². The van der Waals surface area contributed by atoms with Gasteiger partial charge in [0.2, 0.25) is 0 Å². The lowest BCUT2D eigenvalue weighted by Crippen LogP contribution is -2.14. The number of nitrogens with zero attached hydrogens (tertiary/aromatic N) is 2. The summed E-state index contributed by atoms with van der Waals surface area (Å²) in [7, 11) is 1.77. The molecular formula is C12H12BrN3O2. The lowest BCUT2D eigenvalue weighted by molar-refractivity contribution is 0.155. The van der Waals surface area contributed by atoms with Crippen LogP contribution in [0.15, 0.2) is 41.0 Å². The first kappa shape index (κ1) is 12.6. The summed E-state index contributed by atoms with van der Waals surface area (Å²) in [6, 6.07) is 9.49. The SMILES string of the molecule is Cn1cc(Br)c(NC(=O)OCc2ccccc2)n1. The number of ether oxygens (including phenoxy) is 1. The second kappa shape index (κ2) is 5.68. The lowest BCUT2D eigenvalue weighted by atomic mass is 10.2. The van der Waals surface area contributed by atoms with Gasteiger partial charge < -0.3 is 4.74 Å². The van der Waals surface area contributed by atoms with Crippen LogP contribution in [0.4, 0.5) is 10.6 Å². The van der Waals surface area contributed by atoms with E-state index in [-0.39, 0.29) is 6.61 Å². The molecule has 0 radical (unpaired) electrons. The Labute approximate surface area is 113 Å². The summed E-state index contributed by atoms with van der Waals surface area (Å²) in [4.78, 5) is 11.5. The highest BCUT2D eigenvalue weighted by atomic mass is 79.9. The van der Waals surface area contributed by atoms with Gasteiger partial charge in [0.05, 0.1) is 4.47 Å². The van der Waals surface area contributed by atoms with Gasteiger partial charge in [0, 0.05) is 13.2 Å². The molecule has 1 N–H and O–H groups in total. The number of anilines is 1. The van der Waals surface area contributed by atoms with Gasteiger partial charge in [-0.25, -0.2) is 4.79 Å². The van der Waals surface area contributed by atoms with E-state index in [1.165, 1.54) is 0 Å². The van der Waals surface area contributed by atoms with E-state index in [9.17, 15) is 4.79 Å². The van der Waals surface area contributed by atoms with Crippen LogP contribution in [0.2, 0.25) is 0 Å². The van der Waals surface area contributed by atoms with E-state index >= 15 is 0 Å². The van der Waals surface area contributed by atoms with Crippen LogP contribution in [0, 0.1) is 0 Å². The minimum Gasteiger partial charge on any atom is -0.444 e. The van der Waals surface area contributed by atoms with Crippen LogP contribution >= 0.6 is 15.9 Å². The van der Waals surface area contributed by atoms with Gasteiger partial charge in [0.15, 0.2) is 5.82 Å². The van der Waals surface area contributed by atoms with Crippen LogP contribution in [0.1, 0.15) is 5.56 Å². The molecule has 6 heteroatoms. The molecule has 18 heavy (non-hydrogen) atoms. The number of carbonyl (C=O) groups excluding carboxylic acids is 1. The molecule has 2 aromatic rings.